The first-order valence-corrected chi connectivity index (χ1v) is 5.77. The van der Waals surface area contributed by atoms with Crippen LogP contribution in [0.3, 0.4) is 0 Å². The molecule has 0 aliphatic carbocycles. The highest BCUT2D eigenvalue weighted by Crippen LogP contribution is 2.40. The van der Waals surface area contributed by atoms with E-state index in [1.165, 1.54) is 0 Å². The molecule has 0 aromatic rings. The summed E-state index contributed by atoms with van der Waals surface area (Å²) in [7, 11) is -3.01. The maximum atomic E-state index is 12.5. The Labute approximate surface area is 71.3 Å². The van der Waals surface area contributed by atoms with Gasteiger partial charge >= 0.3 is 0 Å². The molecule has 0 radical (unpaired) electrons. The van der Waals surface area contributed by atoms with E-state index in [9.17, 15) is 12.8 Å². The quantitative estimate of drug-likeness (QED) is 0.623. The molecule has 70 valence electrons. The minimum Gasteiger partial charge on any atom is -0.313 e. The van der Waals surface area contributed by atoms with Crippen LogP contribution < -0.4 is 5.32 Å². The lowest BCUT2D eigenvalue weighted by Gasteiger charge is -2.41. The van der Waals surface area contributed by atoms with Crippen LogP contribution in [0, 0.1) is 5.92 Å². The topological polar surface area (TPSA) is 46.2 Å². The first kappa shape index (κ1) is 8.44. The van der Waals surface area contributed by atoms with Crippen LogP contribution in [0.15, 0.2) is 0 Å². The van der Waals surface area contributed by atoms with E-state index in [0.717, 1.165) is 0 Å². The van der Waals surface area contributed by atoms with Gasteiger partial charge in [0.05, 0.1) is 12.4 Å². The number of nitrogens with one attached hydrogen (secondary N) is 1. The molecule has 2 aliphatic heterocycles. The summed E-state index contributed by atoms with van der Waals surface area (Å²) >= 11 is 0. The van der Waals surface area contributed by atoms with Crippen molar-refractivity contribution < 1.29 is 12.8 Å². The van der Waals surface area contributed by atoms with Crippen molar-refractivity contribution in [3.63, 3.8) is 0 Å². The van der Waals surface area contributed by atoms with Gasteiger partial charge in [-0.1, -0.05) is 0 Å². The van der Waals surface area contributed by atoms with E-state index in [4.69, 9.17) is 0 Å². The molecule has 2 fully saturated rings. The maximum absolute atomic E-state index is 12.5. The van der Waals surface area contributed by atoms with Gasteiger partial charge < -0.3 is 5.32 Å². The molecule has 0 saturated carbocycles. The number of rotatable bonds is 1. The first-order valence-electron chi connectivity index (χ1n) is 4.11. The van der Waals surface area contributed by atoms with Crippen LogP contribution in [-0.4, -0.2) is 38.7 Å². The molecule has 0 bridgehead atoms. The fourth-order valence-corrected chi connectivity index (χ4v) is 4.45. The number of alkyl halides is 1. The summed E-state index contributed by atoms with van der Waals surface area (Å²) in [4.78, 5) is 0. The minimum absolute atomic E-state index is 0.170. The minimum atomic E-state index is -3.01. The van der Waals surface area contributed by atoms with Crippen molar-refractivity contribution >= 4 is 9.84 Å². The van der Waals surface area contributed by atoms with Gasteiger partial charge in [0.1, 0.15) is 4.75 Å². The summed E-state index contributed by atoms with van der Waals surface area (Å²) in [5.74, 6) is -0.0905. The SMILES string of the molecule is O=S1(=O)CCC(CF)C12CNC2. The number of sulfone groups is 1. The van der Waals surface area contributed by atoms with E-state index >= 15 is 0 Å². The number of halogens is 1. The normalized spacial score (nSPS) is 36.6. The zero-order chi connectivity index (χ0) is 8.82. The van der Waals surface area contributed by atoms with Crippen molar-refractivity contribution in [1.82, 2.24) is 5.32 Å². The van der Waals surface area contributed by atoms with Crippen molar-refractivity contribution in [2.45, 2.75) is 11.2 Å². The molecule has 2 rings (SSSR count). The average Bonchev–Trinajstić information content (AvgIpc) is 2.19. The van der Waals surface area contributed by atoms with E-state index in [1.54, 1.807) is 0 Å². The van der Waals surface area contributed by atoms with Crippen LogP contribution in [0.2, 0.25) is 0 Å². The molecule has 1 N–H and O–H groups in total. The lowest BCUT2D eigenvalue weighted by atomic mass is 9.86. The van der Waals surface area contributed by atoms with Crippen LogP contribution >= 0.6 is 0 Å². The number of hydrogen-bond donors (Lipinski definition) is 1. The number of hydrogen-bond acceptors (Lipinski definition) is 3. The van der Waals surface area contributed by atoms with Crippen LogP contribution in [0.25, 0.3) is 0 Å². The average molecular weight is 193 g/mol. The second-order valence-electron chi connectivity index (χ2n) is 3.63. The molecular formula is C7H12FNO2S. The molecule has 2 aliphatic rings. The van der Waals surface area contributed by atoms with E-state index < -0.39 is 21.3 Å². The monoisotopic (exact) mass is 193 g/mol. The van der Waals surface area contributed by atoms with Crippen LogP contribution in [0.4, 0.5) is 4.39 Å². The first-order chi connectivity index (χ1) is 5.62. The van der Waals surface area contributed by atoms with Crippen LogP contribution in [0.5, 0.6) is 0 Å². The predicted molar refractivity (Wildman–Crippen MR) is 43.5 cm³/mol. The van der Waals surface area contributed by atoms with Gasteiger partial charge in [-0.15, -0.1) is 0 Å². The van der Waals surface area contributed by atoms with Crippen molar-refractivity contribution in [2.75, 3.05) is 25.5 Å². The second-order valence-corrected chi connectivity index (χ2v) is 6.08. The molecule has 2 heterocycles. The molecular weight excluding hydrogens is 181 g/mol. The van der Waals surface area contributed by atoms with Crippen molar-refractivity contribution in [3.8, 4) is 0 Å². The zero-order valence-electron chi connectivity index (χ0n) is 6.72. The predicted octanol–water partition coefficient (Wildman–Crippen LogP) is -0.267. The van der Waals surface area contributed by atoms with Crippen molar-refractivity contribution in [3.05, 3.63) is 0 Å². The molecule has 2 saturated heterocycles. The third-order valence-electron chi connectivity index (χ3n) is 3.13. The van der Waals surface area contributed by atoms with Crippen LogP contribution in [-0.2, 0) is 9.84 Å². The summed E-state index contributed by atoms with van der Waals surface area (Å²) in [5, 5.41) is 2.92. The molecule has 1 unspecified atom stereocenters. The van der Waals surface area contributed by atoms with Gasteiger partial charge in [-0.25, -0.2) is 8.42 Å². The highest BCUT2D eigenvalue weighted by molar-refractivity contribution is 7.93. The molecule has 0 aromatic carbocycles. The van der Waals surface area contributed by atoms with E-state index in [0.29, 0.717) is 19.5 Å². The summed E-state index contributed by atoms with van der Waals surface area (Å²) < 4.78 is 34.8. The molecule has 1 spiro atoms. The van der Waals surface area contributed by atoms with Gasteiger partial charge in [0.2, 0.25) is 0 Å². The Balaban J connectivity index is 2.35. The van der Waals surface area contributed by atoms with Gasteiger partial charge in [-0.05, 0) is 6.42 Å². The van der Waals surface area contributed by atoms with Gasteiger partial charge in [0, 0.05) is 19.0 Å². The standard InChI is InChI=1S/C7H12FNO2S/c8-3-6-1-2-12(10,11)7(6)4-9-5-7/h6,9H,1-5H2. The third-order valence-corrected chi connectivity index (χ3v) is 5.77. The lowest BCUT2D eigenvalue weighted by Crippen LogP contribution is -2.65. The summed E-state index contributed by atoms with van der Waals surface area (Å²) in [6.45, 7) is 0.398. The van der Waals surface area contributed by atoms with Gasteiger partial charge in [0.15, 0.2) is 9.84 Å². The maximum Gasteiger partial charge on any atom is 0.158 e. The molecule has 1 atom stereocenters. The van der Waals surface area contributed by atoms with E-state index in [-0.39, 0.29) is 11.7 Å². The van der Waals surface area contributed by atoms with Gasteiger partial charge in [-0.3, -0.25) is 4.39 Å². The Morgan fingerprint density at radius 2 is 2.17 bits per heavy atom. The fourth-order valence-electron chi connectivity index (χ4n) is 2.12. The Morgan fingerprint density at radius 1 is 1.50 bits per heavy atom. The van der Waals surface area contributed by atoms with Gasteiger partial charge in [0.25, 0.3) is 0 Å². The smallest absolute Gasteiger partial charge is 0.158 e. The highest BCUT2D eigenvalue weighted by Gasteiger charge is 2.58. The third kappa shape index (κ3) is 0.808. The summed E-state index contributed by atoms with van der Waals surface area (Å²) in [6.07, 6.45) is 0.501. The zero-order valence-corrected chi connectivity index (χ0v) is 7.53. The largest absolute Gasteiger partial charge is 0.313 e. The Bertz CT molecular complexity index is 284. The Hall–Kier alpha value is -0.160. The lowest BCUT2D eigenvalue weighted by molar-refractivity contribution is 0.227. The fraction of sp³-hybridized carbons (Fsp3) is 1.00. The summed E-state index contributed by atoms with van der Waals surface area (Å²) in [5.41, 5.74) is 0. The Kier molecular flexibility index (Phi) is 1.70. The van der Waals surface area contributed by atoms with E-state index in [2.05, 4.69) is 5.32 Å². The highest BCUT2D eigenvalue weighted by atomic mass is 32.2. The molecule has 0 amide bonds. The molecule has 12 heavy (non-hydrogen) atoms. The van der Waals surface area contributed by atoms with Crippen molar-refractivity contribution in [1.29, 1.82) is 0 Å². The second kappa shape index (κ2) is 2.42. The molecule has 5 heteroatoms. The summed E-state index contributed by atoms with van der Waals surface area (Å²) in [6, 6.07) is 0. The van der Waals surface area contributed by atoms with E-state index in [1.807, 2.05) is 0 Å². The molecule has 0 aromatic heterocycles. The van der Waals surface area contributed by atoms with Crippen LogP contribution in [0.1, 0.15) is 6.42 Å². The van der Waals surface area contributed by atoms with Crippen molar-refractivity contribution in [2.24, 2.45) is 5.92 Å². The van der Waals surface area contributed by atoms with Gasteiger partial charge in [-0.2, -0.15) is 0 Å². The Morgan fingerprint density at radius 3 is 2.50 bits per heavy atom. The molecule has 3 nitrogen and oxygen atoms in total.